The molecule has 1 amide bonds. The summed E-state index contributed by atoms with van der Waals surface area (Å²) in [5.74, 6) is -0.00739. The monoisotopic (exact) mass is 237 g/mol. The van der Waals surface area contributed by atoms with Crippen molar-refractivity contribution < 1.29 is 14.6 Å². The van der Waals surface area contributed by atoms with Gasteiger partial charge in [-0.15, -0.1) is 0 Å². The second-order valence-corrected chi connectivity index (χ2v) is 3.87. The third kappa shape index (κ3) is 4.87. The topological polar surface area (TPSA) is 58.6 Å². The van der Waals surface area contributed by atoms with Gasteiger partial charge >= 0.3 is 0 Å². The summed E-state index contributed by atoms with van der Waals surface area (Å²) in [5, 5.41) is 12.3. The fourth-order valence-electron chi connectivity index (χ4n) is 1.44. The molecule has 0 aliphatic rings. The minimum Gasteiger partial charge on any atom is -0.506 e. The first kappa shape index (κ1) is 13.5. The van der Waals surface area contributed by atoms with Crippen LogP contribution in [0.15, 0.2) is 18.2 Å². The average Bonchev–Trinajstić information content (AvgIpc) is 2.28. The van der Waals surface area contributed by atoms with Gasteiger partial charge in [0.2, 0.25) is 5.91 Å². The summed E-state index contributed by atoms with van der Waals surface area (Å²) in [6.45, 7) is 5.06. The summed E-state index contributed by atoms with van der Waals surface area (Å²) in [5.41, 5.74) is 1.41. The number of hydrogen-bond acceptors (Lipinski definition) is 3. The Kier molecular flexibility index (Phi) is 5.49. The van der Waals surface area contributed by atoms with Crippen LogP contribution in [-0.2, 0) is 9.53 Å². The predicted molar refractivity (Wildman–Crippen MR) is 67.2 cm³/mol. The summed E-state index contributed by atoms with van der Waals surface area (Å²) >= 11 is 0. The number of amides is 1. The van der Waals surface area contributed by atoms with Crippen molar-refractivity contribution in [3.05, 3.63) is 23.8 Å². The van der Waals surface area contributed by atoms with Crippen LogP contribution in [0.5, 0.6) is 5.75 Å². The highest BCUT2D eigenvalue weighted by atomic mass is 16.5. The number of carbonyl (C=O) groups excluding carboxylic acids is 1. The van der Waals surface area contributed by atoms with Gasteiger partial charge < -0.3 is 15.2 Å². The molecular formula is C13H19NO3. The maximum Gasteiger partial charge on any atom is 0.224 e. The highest BCUT2D eigenvalue weighted by Gasteiger charge is 2.06. The second-order valence-electron chi connectivity index (χ2n) is 3.87. The number of phenolic OH excluding ortho intramolecular Hbond substituents is 1. The molecule has 17 heavy (non-hydrogen) atoms. The van der Waals surface area contributed by atoms with Crippen molar-refractivity contribution in [3.63, 3.8) is 0 Å². The van der Waals surface area contributed by atoms with Crippen molar-refractivity contribution in [2.75, 3.05) is 18.5 Å². The van der Waals surface area contributed by atoms with Crippen LogP contribution < -0.4 is 5.32 Å². The Morgan fingerprint density at radius 1 is 1.47 bits per heavy atom. The number of rotatable bonds is 6. The molecule has 0 aliphatic heterocycles. The van der Waals surface area contributed by atoms with Gasteiger partial charge in [0, 0.05) is 19.6 Å². The van der Waals surface area contributed by atoms with E-state index in [0.717, 1.165) is 5.56 Å². The molecular weight excluding hydrogens is 218 g/mol. The van der Waals surface area contributed by atoms with Crippen LogP contribution >= 0.6 is 0 Å². The molecule has 0 atom stereocenters. The number of anilines is 1. The van der Waals surface area contributed by atoms with Crippen LogP contribution in [0.25, 0.3) is 0 Å². The summed E-state index contributed by atoms with van der Waals surface area (Å²) in [6.07, 6.45) is 1.08. The highest BCUT2D eigenvalue weighted by molar-refractivity contribution is 5.92. The fraction of sp³-hybridized carbons (Fsp3) is 0.462. The molecule has 0 fully saturated rings. The Labute approximate surface area is 102 Å². The van der Waals surface area contributed by atoms with E-state index in [9.17, 15) is 9.90 Å². The number of aromatic hydroxyl groups is 1. The average molecular weight is 237 g/mol. The number of nitrogens with one attached hydrogen (secondary N) is 1. The van der Waals surface area contributed by atoms with Crippen molar-refractivity contribution in [3.8, 4) is 5.75 Å². The quantitative estimate of drug-likeness (QED) is 0.590. The molecule has 1 aromatic carbocycles. The van der Waals surface area contributed by atoms with E-state index in [1.165, 1.54) is 0 Å². The van der Waals surface area contributed by atoms with Crippen molar-refractivity contribution in [2.45, 2.75) is 26.7 Å². The normalized spacial score (nSPS) is 10.2. The molecule has 0 aromatic heterocycles. The van der Waals surface area contributed by atoms with E-state index < -0.39 is 0 Å². The summed E-state index contributed by atoms with van der Waals surface area (Å²) in [4.78, 5) is 11.5. The molecule has 0 saturated carbocycles. The third-order valence-electron chi connectivity index (χ3n) is 2.32. The number of hydrogen-bond donors (Lipinski definition) is 2. The Hall–Kier alpha value is -1.55. The van der Waals surface area contributed by atoms with E-state index in [1.807, 2.05) is 19.9 Å². The van der Waals surface area contributed by atoms with Gasteiger partial charge in [0.05, 0.1) is 5.69 Å². The summed E-state index contributed by atoms with van der Waals surface area (Å²) < 4.78 is 5.14. The van der Waals surface area contributed by atoms with Gasteiger partial charge in [0.1, 0.15) is 5.75 Å². The van der Waals surface area contributed by atoms with Crippen molar-refractivity contribution in [1.29, 1.82) is 0 Å². The SMILES string of the molecule is CCOCCCC(=O)Nc1ccc(C)cc1O. The zero-order chi connectivity index (χ0) is 12.7. The fourth-order valence-corrected chi connectivity index (χ4v) is 1.44. The van der Waals surface area contributed by atoms with Gasteiger partial charge in [-0.25, -0.2) is 0 Å². The molecule has 4 nitrogen and oxygen atoms in total. The lowest BCUT2D eigenvalue weighted by Gasteiger charge is -2.07. The van der Waals surface area contributed by atoms with E-state index in [-0.39, 0.29) is 11.7 Å². The first-order valence-electron chi connectivity index (χ1n) is 5.80. The number of benzene rings is 1. The minimum absolute atomic E-state index is 0.100. The maximum atomic E-state index is 11.5. The molecule has 0 spiro atoms. The van der Waals surface area contributed by atoms with E-state index in [0.29, 0.717) is 31.7 Å². The molecule has 0 heterocycles. The standard InChI is InChI=1S/C13H19NO3/c1-3-17-8-4-5-13(16)14-11-7-6-10(2)9-12(11)15/h6-7,9,15H,3-5,8H2,1-2H3,(H,14,16). The zero-order valence-electron chi connectivity index (χ0n) is 10.3. The van der Waals surface area contributed by atoms with Gasteiger partial charge in [-0.1, -0.05) is 6.07 Å². The largest absolute Gasteiger partial charge is 0.506 e. The number of aryl methyl sites for hydroxylation is 1. The minimum atomic E-state index is -0.108. The van der Waals surface area contributed by atoms with Crippen LogP contribution in [0.1, 0.15) is 25.3 Å². The van der Waals surface area contributed by atoms with Crippen molar-refractivity contribution >= 4 is 11.6 Å². The maximum absolute atomic E-state index is 11.5. The Balaban J connectivity index is 2.40. The first-order valence-corrected chi connectivity index (χ1v) is 5.80. The molecule has 2 N–H and O–H groups in total. The van der Waals surface area contributed by atoms with E-state index in [1.54, 1.807) is 12.1 Å². The van der Waals surface area contributed by atoms with Crippen LogP contribution in [-0.4, -0.2) is 24.2 Å². The molecule has 0 saturated heterocycles. The molecule has 4 heteroatoms. The number of ether oxygens (including phenoxy) is 1. The van der Waals surface area contributed by atoms with Crippen LogP contribution in [0.2, 0.25) is 0 Å². The van der Waals surface area contributed by atoms with E-state index >= 15 is 0 Å². The molecule has 1 rings (SSSR count). The summed E-state index contributed by atoms with van der Waals surface area (Å²) in [6, 6.07) is 5.16. The number of phenols is 1. The molecule has 0 unspecified atom stereocenters. The molecule has 1 aromatic rings. The molecule has 0 radical (unpaired) electrons. The zero-order valence-corrected chi connectivity index (χ0v) is 10.3. The Morgan fingerprint density at radius 2 is 2.24 bits per heavy atom. The smallest absolute Gasteiger partial charge is 0.224 e. The highest BCUT2D eigenvalue weighted by Crippen LogP contribution is 2.23. The van der Waals surface area contributed by atoms with Gasteiger partial charge in [-0.3, -0.25) is 4.79 Å². The second kappa shape index (κ2) is 6.91. The van der Waals surface area contributed by atoms with Crippen molar-refractivity contribution in [2.24, 2.45) is 0 Å². The summed E-state index contributed by atoms with van der Waals surface area (Å²) in [7, 11) is 0. The van der Waals surface area contributed by atoms with Gasteiger partial charge in [-0.2, -0.15) is 0 Å². The van der Waals surface area contributed by atoms with Crippen LogP contribution in [0, 0.1) is 6.92 Å². The van der Waals surface area contributed by atoms with Crippen LogP contribution in [0.4, 0.5) is 5.69 Å². The van der Waals surface area contributed by atoms with Gasteiger partial charge in [-0.05, 0) is 38.0 Å². The molecule has 94 valence electrons. The molecule has 0 bridgehead atoms. The lowest BCUT2D eigenvalue weighted by molar-refractivity contribution is -0.116. The van der Waals surface area contributed by atoms with Gasteiger partial charge in [0.15, 0.2) is 0 Å². The molecule has 0 aliphatic carbocycles. The van der Waals surface area contributed by atoms with Gasteiger partial charge in [0.25, 0.3) is 0 Å². The third-order valence-corrected chi connectivity index (χ3v) is 2.32. The Bertz CT molecular complexity index is 377. The Morgan fingerprint density at radius 3 is 2.88 bits per heavy atom. The van der Waals surface area contributed by atoms with Crippen molar-refractivity contribution in [1.82, 2.24) is 0 Å². The first-order chi connectivity index (χ1) is 8.13. The lowest BCUT2D eigenvalue weighted by atomic mass is 10.2. The van der Waals surface area contributed by atoms with E-state index in [4.69, 9.17) is 4.74 Å². The number of carbonyl (C=O) groups is 1. The lowest BCUT2D eigenvalue weighted by Crippen LogP contribution is -2.12. The predicted octanol–water partition coefficient (Wildman–Crippen LogP) is 2.46. The van der Waals surface area contributed by atoms with Crippen LogP contribution in [0.3, 0.4) is 0 Å². The van der Waals surface area contributed by atoms with E-state index in [2.05, 4.69) is 5.32 Å².